The van der Waals surface area contributed by atoms with E-state index in [4.69, 9.17) is 0 Å². The minimum Gasteiger partial charge on any atom is -0.618 e. The van der Waals surface area contributed by atoms with Crippen LogP contribution in [0.5, 0.6) is 0 Å². The van der Waals surface area contributed by atoms with Crippen molar-refractivity contribution in [3.8, 4) is 11.3 Å². The van der Waals surface area contributed by atoms with E-state index in [1.165, 1.54) is 6.20 Å². The van der Waals surface area contributed by atoms with Crippen molar-refractivity contribution in [2.24, 2.45) is 0 Å². The molecular formula is C13H15N3O. The van der Waals surface area contributed by atoms with Crippen LogP contribution in [0, 0.1) is 12.1 Å². The smallest absolute Gasteiger partial charge is 0.245 e. The molecule has 88 valence electrons. The Labute approximate surface area is 101 Å². The van der Waals surface area contributed by atoms with Crippen LogP contribution in [0.25, 0.3) is 11.3 Å². The van der Waals surface area contributed by atoms with Crippen molar-refractivity contribution in [2.75, 3.05) is 19.0 Å². The van der Waals surface area contributed by atoms with Crippen molar-refractivity contribution in [1.82, 2.24) is 4.98 Å². The predicted molar refractivity (Wildman–Crippen MR) is 67.7 cm³/mol. The highest BCUT2D eigenvalue weighted by atomic mass is 16.5. The van der Waals surface area contributed by atoms with Gasteiger partial charge in [-0.3, -0.25) is 0 Å². The molecular weight excluding hydrogens is 214 g/mol. The summed E-state index contributed by atoms with van der Waals surface area (Å²) < 4.78 is 0.882. The van der Waals surface area contributed by atoms with Crippen molar-refractivity contribution >= 4 is 5.82 Å². The van der Waals surface area contributed by atoms with Crippen LogP contribution in [0.15, 0.2) is 36.5 Å². The zero-order valence-electron chi connectivity index (χ0n) is 10.2. The highest BCUT2D eigenvalue weighted by molar-refractivity contribution is 5.59. The fourth-order valence-corrected chi connectivity index (χ4v) is 1.73. The quantitative estimate of drug-likeness (QED) is 0.582. The number of benzene rings is 1. The number of aryl methyl sites for hydroxylation is 1. The summed E-state index contributed by atoms with van der Waals surface area (Å²) in [6.45, 7) is 1.85. The second-order valence-corrected chi connectivity index (χ2v) is 4.12. The fourth-order valence-electron chi connectivity index (χ4n) is 1.73. The van der Waals surface area contributed by atoms with Gasteiger partial charge in [-0.2, -0.15) is 4.73 Å². The minimum absolute atomic E-state index is 0.608. The topological polar surface area (TPSA) is 43.1 Å². The molecule has 17 heavy (non-hydrogen) atoms. The van der Waals surface area contributed by atoms with Crippen LogP contribution in [0.1, 0.15) is 5.69 Å². The second-order valence-electron chi connectivity index (χ2n) is 4.12. The SMILES string of the molecule is Cc1nc(N(C)C)c[n+]([O-])c1-c1ccccc1. The largest absolute Gasteiger partial charge is 0.618 e. The summed E-state index contributed by atoms with van der Waals surface area (Å²) in [5.41, 5.74) is 2.23. The van der Waals surface area contributed by atoms with Crippen LogP contribution in [-0.4, -0.2) is 19.1 Å². The van der Waals surface area contributed by atoms with E-state index in [0.717, 1.165) is 16.0 Å². The zero-order valence-corrected chi connectivity index (χ0v) is 10.2. The van der Waals surface area contributed by atoms with Gasteiger partial charge in [0.2, 0.25) is 11.9 Å². The van der Waals surface area contributed by atoms with Crippen LogP contribution >= 0.6 is 0 Å². The first-order chi connectivity index (χ1) is 8.09. The Kier molecular flexibility index (Phi) is 2.95. The molecule has 0 fully saturated rings. The molecule has 1 aromatic heterocycles. The molecule has 0 aliphatic carbocycles. The number of rotatable bonds is 2. The van der Waals surface area contributed by atoms with Crippen molar-refractivity contribution in [3.05, 3.63) is 47.4 Å². The summed E-state index contributed by atoms with van der Waals surface area (Å²) in [5.74, 6) is 0.664. The first-order valence-corrected chi connectivity index (χ1v) is 5.43. The van der Waals surface area contributed by atoms with Gasteiger partial charge in [0.1, 0.15) is 5.69 Å². The van der Waals surface area contributed by atoms with Gasteiger partial charge in [-0.05, 0) is 19.1 Å². The molecule has 0 aliphatic heterocycles. The Morgan fingerprint density at radius 2 is 1.82 bits per heavy atom. The molecule has 0 amide bonds. The van der Waals surface area contributed by atoms with Gasteiger partial charge < -0.3 is 10.1 Å². The maximum atomic E-state index is 12.0. The molecule has 1 aromatic carbocycles. The number of hydrogen-bond acceptors (Lipinski definition) is 3. The molecule has 0 unspecified atom stereocenters. The lowest BCUT2D eigenvalue weighted by Gasteiger charge is -2.13. The third-order valence-electron chi connectivity index (χ3n) is 2.58. The van der Waals surface area contributed by atoms with E-state index in [2.05, 4.69) is 4.98 Å². The Morgan fingerprint density at radius 3 is 2.35 bits per heavy atom. The maximum Gasteiger partial charge on any atom is 0.245 e. The van der Waals surface area contributed by atoms with E-state index in [-0.39, 0.29) is 0 Å². The average molecular weight is 229 g/mol. The Hall–Kier alpha value is -2.10. The molecule has 0 radical (unpaired) electrons. The zero-order chi connectivity index (χ0) is 12.4. The van der Waals surface area contributed by atoms with Gasteiger partial charge in [-0.25, -0.2) is 4.98 Å². The highest BCUT2D eigenvalue weighted by Crippen LogP contribution is 2.19. The standard InChI is InChI=1S/C13H15N3O/c1-10-13(11-7-5-4-6-8-11)16(17)9-12(14-10)15(2)3/h4-9H,1-3H3. The Morgan fingerprint density at radius 1 is 1.18 bits per heavy atom. The second kappa shape index (κ2) is 4.41. The summed E-state index contributed by atoms with van der Waals surface area (Å²) in [5, 5.41) is 12.0. The summed E-state index contributed by atoms with van der Waals surface area (Å²) >= 11 is 0. The molecule has 4 heteroatoms. The van der Waals surface area contributed by atoms with E-state index in [9.17, 15) is 5.21 Å². The average Bonchev–Trinajstić information content (AvgIpc) is 2.29. The van der Waals surface area contributed by atoms with Crippen LogP contribution in [0.2, 0.25) is 0 Å². The van der Waals surface area contributed by atoms with E-state index < -0.39 is 0 Å². The highest BCUT2D eigenvalue weighted by Gasteiger charge is 2.16. The van der Waals surface area contributed by atoms with Gasteiger partial charge in [0.25, 0.3) is 0 Å². The van der Waals surface area contributed by atoms with E-state index >= 15 is 0 Å². The van der Waals surface area contributed by atoms with E-state index in [1.807, 2.05) is 56.3 Å². The lowest BCUT2D eigenvalue weighted by Crippen LogP contribution is -2.32. The lowest BCUT2D eigenvalue weighted by molar-refractivity contribution is -0.593. The first kappa shape index (κ1) is 11.4. The van der Waals surface area contributed by atoms with Crippen molar-refractivity contribution in [2.45, 2.75) is 6.92 Å². The van der Waals surface area contributed by atoms with Gasteiger partial charge >= 0.3 is 0 Å². The number of anilines is 1. The van der Waals surface area contributed by atoms with Crippen molar-refractivity contribution in [3.63, 3.8) is 0 Å². The van der Waals surface area contributed by atoms with Gasteiger partial charge in [0.15, 0.2) is 5.82 Å². The number of aromatic nitrogens is 2. The molecule has 2 aromatic rings. The molecule has 0 N–H and O–H groups in total. The summed E-state index contributed by atoms with van der Waals surface area (Å²) in [4.78, 5) is 6.23. The maximum absolute atomic E-state index is 12.0. The Balaban J connectivity index is 2.57. The molecule has 1 heterocycles. The van der Waals surface area contributed by atoms with Gasteiger partial charge in [0, 0.05) is 19.7 Å². The van der Waals surface area contributed by atoms with Crippen LogP contribution in [0.3, 0.4) is 0 Å². The van der Waals surface area contributed by atoms with E-state index in [0.29, 0.717) is 11.5 Å². The van der Waals surface area contributed by atoms with Gasteiger partial charge in [0.05, 0.1) is 0 Å². The molecule has 0 spiro atoms. The van der Waals surface area contributed by atoms with Crippen molar-refractivity contribution in [1.29, 1.82) is 0 Å². The van der Waals surface area contributed by atoms with Crippen LogP contribution in [-0.2, 0) is 0 Å². The molecule has 0 saturated carbocycles. The third-order valence-corrected chi connectivity index (χ3v) is 2.58. The van der Waals surface area contributed by atoms with Gasteiger partial charge in [-0.15, -0.1) is 0 Å². The molecule has 0 saturated heterocycles. The predicted octanol–water partition coefficient (Wildman–Crippen LogP) is 1.76. The normalized spacial score (nSPS) is 10.3. The number of hydrogen-bond donors (Lipinski definition) is 0. The molecule has 0 bridgehead atoms. The molecule has 2 rings (SSSR count). The van der Waals surface area contributed by atoms with E-state index in [1.54, 1.807) is 0 Å². The monoisotopic (exact) mass is 229 g/mol. The summed E-state index contributed by atoms with van der Waals surface area (Å²) in [6.07, 6.45) is 1.50. The number of nitrogens with zero attached hydrogens (tertiary/aromatic N) is 3. The third kappa shape index (κ3) is 2.20. The van der Waals surface area contributed by atoms with Crippen LogP contribution in [0.4, 0.5) is 5.82 Å². The summed E-state index contributed by atoms with van der Waals surface area (Å²) in [7, 11) is 3.73. The minimum atomic E-state index is 0.608. The molecule has 0 aliphatic rings. The molecule has 4 nitrogen and oxygen atoms in total. The fraction of sp³-hybridized carbons (Fsp3) is 0.231. The van der Waals surface area contributed by atoms with Crippen LogP contribution < -0.4 is 9.63 Å². The molecule has 0 atom stereocenters. The lowest BCUT2D eigenvalue weighted by atomic mass is 10.1. The summed E-state index contributed by atoms with van der Waals surface area (Å²) in [6, 6.07) is 9.57. The Bertz CT molecular complexity index is 500. The van der Waals surface area contributed by atoms with Crippen molar-refractivity contribution < 1.29 is 4.73 Å². The van der Waals surface area contributed by atoms with Gasteiger partial charge in [-0.1, -0.05) is 18.2 Å². The first-order valence-electron chi connectivity index (χ1n) is 5.43.